The van der Waals surface area contributed by atoms with Crippen LogP contribution in [-0.2, 0) is 16.0 Å². The van der Waals surface area contributed by atoms with E-state index in [2.05, 4.69) is 4.74 Å². The molecule has 0 fully saturated rings. The van der Waals surface area contributed by atoms with Gasteiger partial charge in [0, 0.05) is 0 Å². The Morgan fingerprint density at radius 1 is 1.39 bits per heavy atom. The van der Waals surface area contributed by atoms with Gasteiger partial charge in [-0.2, -0.15) is 0 Å². The van der Waals surface area contributed by atoms with Gasteiger partial charge in [0.15, 0.2) is 17.4 Å². The second kappa shape index (κ2) is 6.30. The van der Waals surface area contributed by atoms with E-state index in [9.17, 15) is 13.6 Å². The number of hydrogen-bond donors (Lipinski definition) is 1. The standard InChI is InChI=1S/C12H15F2NO3/c1-3-18-12(16)10(15)6-7-4-8(13)11(17-2)9(14)5-7/h4-5,10H,3,6,15H2,1-2H3. The highest BCUT2D eigenvalue weighted by atomic mass is 19.1. The maximum Gasteiger partial charge on any atom is 0.323 e. The Morgan fingerprint density at radius 3 is 2.39 bits per heavy atom. The third-order valence-corrected chi connectivity index (χ3v) is 2.31. The lowest BCUT2D eigenvalue weighted by atomic mass is 10.1. The Bertz CT molecular complexity index is 414. The number of benzene rings is 1. The van der Waals surface area contributed by atoms with Crippen molar-refractivity contribution in [1.29, 1.82) is 0 Å². The molecule has 0 bridgehead atoms. The number of esters is 1. The largest absolute Gasteiger partial charge is 0.491 e. The summed E-state index contributed by atoms with van der Waals surface area (Å²) in [6.07, 6.45) is -0.00331. The summed E-state index contributed by atoms with van der Waals surface area (Å²) in [6.45, 7) is 1.86. The van der Waals surface area contributed by atoms with Crippen LogP contribution in [0.25, 0.3) is 0 Å². The second-order valence-corrected chi connectivity index (χ2v) is 3.66. The molecular weight excluding hydrogens is 244 g/mol. The minimum atomic E-state index is -0.947. The van der Waals surface area contributed by atoms with Crippen LogP contribution in [0.4, 0.5) is 8.78 Å². The zero-order valence-electron chi connectivity index (χ0n) is 10.2. The van der Waals surface area contributed by atoms with Gasteiger partial charge in [0.1, 0.15) is 6.04 Å². The Kier molecular flexibility index (Phi) is 5.03. The predicted molar refractivity (Wildman–Crippen MR) is 61.2 cm³/mol. The van der Waals surface area contributed by atoms with Gasteiger partial charge < -0.3 is 15.2 Å². The molecule has 2 N–H and O–H groups in total. The molecule has 0 saturated carbocycles. The quantitative estimate of drug-likeness (QED) is 0.812. The van der Waals surface area contributed by atoms with E-state index in [1.165, 1.54) is 7.11 Å². The van der Waals surface area contributed by atoms with E-state index >= 15 is 0 Å². The van der Waals surface area contributed by atoms with Crippen LogP contribution >= 0.6 is 0 Å². The van der Waals surface area contributed by atoms with Gasteiger partial charge in [-0.05, 0) is 31.0 Å². The van der Waals surface area contributed by atoms with Gasteiger partial charge in [0.2, 0.25) is 0 Å². The van der Waals surface area contributed by atoms with E-state index in [1.54, 1.807) is 6.92 Å². The van der Waals surface area contributed by atoms with Crippen molar-refractivity contribution in [1.82, 2.24) is 0 Å². The molecule has 0 aliphatic rings. The van der Waals surface area contributed by atoms with Gasteiger partial charge in [-0.15, -0.1) is 0 Å². The molecule has 0 aliphatic carbocycles. The third kappa shape index (κ3) is 3.40. The molecule has 0 aliphatic heterocycles. The number of rotatable bonds is 5. The van der Waals surface area contributed by atoms with Crippen molar-refractivity contribution in [3.05, 3.63) is 29.3 Å². The van der Waals surface area contributed by atoms with Gasteiger partial charge in [-0.3, -0.25) is 4.79 Å². The first-order valence-electron chi connectivity index (χ1n) is 5.43. The predicted octanol–water partition coefficient (Wildman–Crippen LogP) is 1.41. The van der Waals surface area contributed by atoms with Crippen LogP contribution in [0, 0.1) is 11.6 Å². The summed E-state index contributed by atoms with van der Waals surface area (Å²) in [4.78, 5) is 11.3. The van der Waals surface area contributed by atoms with Crippen LogP contribution in [0.5, 0.6) is 5.75 Å². The number of carbonyl (C=O) groups excluding carboxylic acids is 1. The number of halogens is 2. The van der Waals surface area contributed by atoms with Crippen molar-refractivity contribution < 1.29 is 23.0 Å². The van der Waals surface area contributed by atoms with Crippen molar-refractivity contribution in [2.75, 3.05) is 13.7 Å². The highest BCUT2D eigenvalue weighted by Crippen LogP contribution is 2.23. The van der Waals surface area contributed by atoms with Gasteiger partial charge in [0.05, 0.1) is 13.7 Å². The molecule has 18 heavy (non-hydrogen) atoms. The minimum Gasteiger partial charge on any atom is -0.491 e. The van der Waals surface area contributed by atoms with Crippen molar-refractivity contribution in [3.8, 4) is 5.75 Å². The van der Waals surface area contributed by atoms with Crippen LogP contribution in [0.1, 0.15) is 12.5 Å². The molecule has 0 radical (unpaired) electrons. The number of nitrogens with two attached hydrogens (primary N) is 1. The Balaban J connectivity index is 2.83. The molecule has 1 aromatic carbocycles. The SMILES string of the molecule is CCOC(=O)C(N)Cc1cc(F)c(OC)c(F)c1. The van der Waals surface area contributed by atoms with Crippen molar-refractivity contribution >= 4 is 5.97 Å². The fourth-order valence-electron chi connectivity index (χ4n) is 1.51. The van der Waals surface area contributed by atoms with Crippen molar-refractivity contribution in [3.63, 3.8) is 0 Å². The molecule has 1 atom stereocenters. The van der Waals surface area contributed by atoms with E-state index in [1.807, 2.05) is 0 Å². The first-order chi connectivity index (χ1) is 8.49. The Labute approximate surface area is 104 Å². The Morgan fingerprint density at radius 2 is 1.94 bits per heavy atom. The molecule has 1 unspecified atom stereocenters. The number of methoxy groups -OCH3 is 1. The normalized spacial score (nSPS) is 12.1. The monoisotopic (exact) mass is 259 g/mol. The average Bonchev–Trinajstić information content (AvgIpc) is 2.28. The maximum absolute atomic E-state index is 13.4. The first-order valence-corrected chi connectivity index (χ1v) is 5.43. The Hall–Kier alpha value is -1.69. The zero-order valence-corrected chi connectivity index (χ0v) is 10.2. The molecule has 0 heterocycles. The maximum atomic E-state index is 13.4. The second-order valence-electron chi connectivity index (χ2n) is 3.66. The molecule has 0 spiro atoms. The summed E-state index contributed by atoms with van der Waals surface area (Å²) in [6, 6.07) is 1.22. The number of hydrogen-bond acceptors (Lipinski definition) is 4. The van der Waals surface area contributed by atoms with Gasteiger partial charge in [-0.1, -0.05) is 0 Å². The first kappa shape index (κ1) is 14.4. The van der Waals surface area contributed by atoms with Crippen LogP contribution in [-0.4, -0.2) is 25.7 Å². The number of carbonyl (C=O) groups is 1. The highest BCUT2D eigenvalue weighted by Gasteiger charge is 2.18. The molecule has 0 saturated heterocycles. The molecule has 100 valence electrons. The lowest BCUT2D eigenvalue weighted by molar-refractivity contribution is -0.144. The molecular formula is C12H15F2NO3. The van der Waals surface area contributed by atoms with Crippen LogP contribution in [0.3, 0.4) is 0 Å². The molecule has 1 rings (SSSR count). The summed E-state index contributed by atoms with van der Waals surface area (Å²) >= 11 is 0. The van der Waals surface area contributed by atoms with E-state index < -0.39 is 29.4 Å². The van der Waals surface area contributed by atoms with E-state index in [0.717, 1.165) is 12.1 Å². The summed E-state index contributed by atoms with van der Waals surface area (Å²) in [5.74, 6) is -2.72. The van der Waals surface area contributed by atoms with Crippen molar-refractivity contribution in [2.45, 2.75) is 19.4 Å². The topological polar surface area (TPSA) is 61.5 Å². The third-order valence-electron chi connectivity index (χ3n) is 2.31. The van der Waals surface area contributed by atoms with Crippen LogP contribution in [0.2, 0.25) is 0 Å². The summed E-state index contributed by atoms with van der Waals surface area (Å²) in [5, 5.41) is 0. The smallest absolute Gasteiger partial charge is 0.323 e. The minimum absolute atomic E-state index is 0.00331. The average molecular weight is 259 g/mol. The molecule has 1 aromatic rings. The lowest BCUT2D eigenvalue weighted by Crippen LogP contribution is -2.34. The molecule has 0 amide bonds. The summed E-state index contributed by atoms with van der Waals surface area (Å²) < 4.78 is 36.0. The fraction of sp³-hybridized carbons (Fsp3) is 0.417. The van der Waals surface area contributed by atoms with E-state index in [-0.39, 0.29) is 18.6 Å². The summed E-state index contributed by atoms with van der Waals surface area (Å²) in [7, 11) is 1.17. The summed E-state index contributed by atoms with van der Waals surface area (Å²) in [5.41, 5.74) is 5.83. The van der Waals surface area contributed by atoms with Gasteiger partial charge in [-0.25, -0.2) is 8.78 Å². The molecule has 4 nitrogen and oxygen atoms in total. The van der Waals surface area contributed by atoms with Crippen LogP contribution < -0.4 is 10.5 Å². The molecule has 0 aromatic heterocycles. The highest BCUT2D eigenvalue weighted by molar-refractivity contribution is 5.75. The van der Waals surface area contributed by atoms with Crippen molar-refractivity contribution in [2.24, 2.45) is 5.73 Å². The lowest BCUT2D eigenvalue weighted by Gasteiger charge is -2.11. The van der Waals surface area contributed by atoms with Crippen LogP contribution in [0.15, 0.2) is 12.1 Å². The fourth-order valence-corrected chi connectivity index (χ4v) is 1.51. The zero-order chi connectivity index (χ0) is 13.7. The number of ether oxygens (including phenoxy) is 2. The molecule has 6 heteroatoms. The van der Waals surface area contributed by atoms with Gasteiger partial charge in [0.25, 0.3) is 0 Å². The van der Waals surface area contributed by atoms with E-state index in [0.29, 0.717) is 0 Å². The van der Waals surface area contributed by atoms with E-state index in [4.69, 9.17) is 10.5 Å². The van der Waals surface area contributed by atoms with Gasteiger partial charge >= 0.3 is 5.97 Å².